The van der Waals surface area contributed by atoms with Crippen LogP contribution >= 0.6 is 15.9 Å². The van der Waals surface area contributed by atoms with Crippen LogP contribution < -0.4 is 5.73 Å². The van der Waals surface area contributed by atoms with Crippen molar-refractivity contribution >= 4 is 15.9 Å². The minimum atomic E-state index is 0.406. The van der Waals surface area contributed by atoms with E-state index >= 15 is 0 Å². The first kappa shape index (κ1) is 12.7. The normalized spacial score (nSPS) is 12.7. The molecule has 15 heavy (non-hydrogen) atoms. The number of rotatable bonds is 6. The topological polar surface area (TPSA) is 35.2 Å². The van der Waals surface area contributed by atoms with Gasteiger partial charge in [-0.05, 0) is 37.4 Å². The highest BCUT2D eigenvalue weighted by molar-refractivity contribution is 9.10. The van der Waals surface area contributed by atoms with E-state index in [0.29, 0.717) is 12.5 Å². The van der Waals surface area contributed by atoms with Gasteiger partial charge in [0.25, 0.3) is 0 Å². The van der Waals surface area contributed by atoms with E-state index in [2.05, 4.69) is 28.1 Å². The van der Waals surface area contributed by atoms with Crippen molar-refractivity contribution in [1.82, 2.24) is 0 Å². The van der Waals surface area contributed by atoms with E-state index < -0.39 is 0 Å². The molecule has 1 unspecified atom stereocenters. The van der Waals surface area contributed by atoms with Crippen molar-refractivity contribution in [3.63, 3.8) is 0 Å². The van der Waals surface area contributed by atoms with Gasteiger partial charge in [-0.2, -0.15) is 0 Å². The van der Waals surface area contributed by atoms with Gasteiger partial charge in [0.05, 0.1) is 6.61 Å². The highest BCUT2D eigenvalue weighted by Crippen LogP contribution is 2.19. The third-order valence-corrected chi connectivity index (χ3v) is 3.13. The van der Waals surface area contributed by atoms with Crippen LogP contribution in [0.3, 0.4) is 0 Å². The molecule has 0 saturated carbocycles. The molecule has 2 N–H and O–H groups in total. The maximum absolute atomic E-state index is 5.72. The summed E-state index contributed by atoms with van der Waals surface area (Å²) in [6.07, 6.45) is 0.970. The average molecular weight is 272 g/mol. The summed E-state index contributed by atoms with van der Waals surface area (Å²) in [7, 11) is 0. The molecule has 0 aromatic heterocycles. The smallest absolute Gasteiger partial charge is 0.0509 e. The van der Waals surface area contributed by atoms with Gasteiger partial charge in [-0.25, -0.2) is 0 Å². The van der Waals surface area contributed by atoms with Crippen molar-refractivity contribution in [2.45, 2.75) is 13.3 Å². The lowest BCUT2D eigenvalue weighted by Crippen LogP contribution is -2.22. The number of hydrogen-bond donors (Lipinski definition) is 1. The Morgan fingerprint density at radius 3 is 2.73 bits per heavy atom. The third-order valence-electron chi connectivity index (χ3n) is 2.36. The van der Waals surface area contributed by atoms with Crippen LogP contribution in [0.2, 0.25) is 0 Å². The number of nitrogens with two attached hydrogens (primary N) is 1. The molecule has 0 heterocycles. The van der Waals surface area contributed by atoms with Gasteiger partial charge in [-0.3, -0.25) is 0 Å². The molecular weight excluding hydrogens is 254 g/mol. The van der Waals surface area contributed by atoms with Crippen LogP contribution in [-0.4, -0.2) is 19.8 Å². The molecule has 0 radical (unpaired) electrons. The van der Waals surface area contributed by atoms with Crippen LogP contribution in [0.4, 0.5) is 0 Å². The van der Waals surface area contributed by atoms with Crippen LogP contribution in [0.15, 0.2) is 28.7 Å². The Labute approximate surface area is 99.9 Å². The molecule has 0 aliphatic carbocycles. The monoisotopic (exact) mass is 271 g/mol. The first-order valence-corrected chi connectivity index (χ1v) is 6.08. The van der Waals surface area contributed by atoms with E-state index in [1.807, 2.05) is 19.1 Å². The van der Waals surface area contributed by atoms with Crippen LogP contribution in [0, 0.1) is 5.92 Å². The second kappa shape index (κ2) is 6.99. The molecule has 0 spiro atoms. The third kappa shape index (κ3) is 4.33. The molecule has 2 nitrogen and oxygen atoms in total. The van der Waals surface area contributed by atoms with Gasteiger partial charge in [0.15, 0.2) is 0 Å². The summed E-state index contributed by atoms with van der Waals surface area (Å²) in [6.45, 7) is 4.17. The summed E-state index contributed by atoms with van der Waals surface area (Å²) in [5.41, 5.74) is 7.01. The molecule has 1 atom stereocenters. The minimum absolute atomic E-state index is 0.406. The highest BCUT2D eigenvalue weighted by atomic mass is 79.9. The first-order chi connectivity index (χ1) is 7.27. The zero-order valence-electron chi connectivity index (χ0n) is 9.08. The van der Waals surface area contributed by atoms with Gasteiger partial charge >= 0.3 is 0 Å². The fraction of sp³-hybridized carbons (Fsp3) is 0.500. The van der Waals surface area contributed by atoms with Gasteiger partial charge < -0.3 is 10.5 Å². The van der Waals surface area contributed by atoms with Gasteiger partial charge in [-0.15, -0.1) is 0 Å². The summed E-state index contributed by atoms with van der Waals surface area (Å²) >= 11 is 3.54. The molecule has 1 aromatic carbocycles. The Morgan fingerprint density at radius 2 is 2.13 bits per heavy atom. The van der Waals surface area contributed by atoms with Gasteiger partial charge in [0.2, 0.25) is 0 Å². The van der Waals surface area contributed by atoms with Crippen LogP contribution in [-0.2, 0) is 11.2 Å². The fourth-order valence-electron chi connectivity index (χ4n) is 1.47. The molecule has 1 rings (SSSR count). The predicted molar refractivity (Wildman–Crippen MR) is 66.9 cm³/mol. The lowest BCUT2D eigenvalue weighted by Gasteiger charge is -2.15. The van der Waals surface area contributed by atoms with Crippen molar-refractivity contribution in [1.29, 1.82) is 0 Å². The molecule has 1 aromatic rings. The minimum Gasteiger partial charge on any atom is -0.381 e. The Morgan fingerprint density at radius 1 is 1.40 bits per heavy atom. The van der Waals surface area contributed by atoms with Gasteiger partial charge in [0.1, 0.15) is 0 Å². The highest BCUT2D eigenvalue weighted by Gasteiger charge is 2.09. The van der Waals surface area contributed by atoms with Gasteiger partial charge in [-0.1, -0.05) is 34.1 Å². The van der Waals surface area contributed by atoms with E-state index in [9.17, 15) is 0 Å². The molecule has 0 aliphatic heterocycles. The first-order valence-electron chi connectivity index (χ1n) is 5.29. The van der Waals surface area contributed by atoms with Crippen LogP contribution in [0.1, 0.15) is 12.5 Å². The second-order valence-electron chi connectivity index (χ2n) is 3.56. The summed E-state index contributed by atoms with van der Waals surface area (Å²) in [6, 6.07) is 8.25. The van der Waals surface area contributed by atoms with Crippen LogP contribution in [0.5, 0.6) is 0 Å². The average Bonchev–Trinajstić information content (AvgIpc) is 2.26. The Kier molecular flexibility index (Phi) is 5.91. The van der Waals surface area contributed by atoms with E-state index in [4.69, 9.17) is 10.5 Å². The van der Waals surface area contributed by atoms with E-state index in [1.54, 1.807) is 0 Å². The number of benzene rings is 1. The SMILES string of the molecule is CCOCC(CN)Cc1ccccc1Br. The molecular formula is C12H18BrNO. The second-order valence-corrected chi connectivity index (χ2v) is 4.41. The Bertz CT molecular complexity index is 291. The van der Waals surface area contributed by atoms with E-state index in [-0.39, 0.29) is 0 Å². The molecule has 0 saturated heterocycles. The van der Waals surface area contributed by atoms with Crippen molar-refractivity contribution in [3.05, 3.63) is 34.3 Å². The summed E-state index contributed by atoms with van der Waals surface area (Å²) < 4.78 is 6.56. The lowest BCUT2D eigenvalue weighted by molar-refractivity contribution is 0.113. The molecule has 0 bridgehead atoms. The molecule has 3 heteroatoms. The number of halogens is 1. The lowest BCUT2D eigenvalue weighted by atomic mass is 10.0. The van der Waals surface area contributed by atoms with Crippen LogP contribution in [0.25, 0.3) is 0 Å². The standard InChI is InChI=1S/C12H18BrNO/c1-2-15-9-10(8-14)7-11-5-3-4-6-12(11)13/h3-6,10H,2,7-9,14H2,1H3. The zero-order valence-corrected chi connectivity index (χ0v) is 10.7. The van der Waals surface area contributed by atoms with Crippen molar-refractivity contribution in [2.24, 2.45) is 11.7 Å². The summed E-state index contributed by atoms with van der Waals surface area (Å²) in [4.78, 5) is 0. The maximum Gasteiger partial charge on any atom is 0.0509 e. The predicted octanol–water partition coefficient (Wildman–Crippen LogP) is 2.60. The Hall–Kier alpha value is -0.380. The number of ether oxygens (including phenoxy) is 1. The summed E-state index contributed by atoms with van der Waals surface area (Å²) in [5, 5.41) is 0. The Balaban J connectivity index is 2.54. The van der Waals surface area contributed by atoms with Crippen molar-refractivity contribution in [3.8, 4) is 0 Å². The largest absolute Gasteiger partial charge is 0.381 e. The quantitative estimate of drug-likeness (QED) is 0.864. The molecule has 0 fully saturated rings. The van der Waals surface area contributed by atoms with Gasteiger partial charge in [0, 0.05) is 11.1 Å². The van der Waals surface area contributed by atoms with Crippen molar-refractivity contribution in [2.75, 3.05) is 19.8 Å². The van der Waals surface area contributed by atoms with Crippen molar-refractivity contribution < 1.29 is 4.74 Å². The molecule has 0 amide bonds. The zero-order chi connectivity index (χ0) is 11.1. The maximum atomic E-state index is 5.72. The van der Waals surface area contributed by atoms with E-state index in [1.165, 1.54) is 5.56 Å². The summed E-state index contributed by atoms with van der Waals surface area (Å²) in [5.74, 6) is 0.406. The fourth-order valence-corrected chi connectivity index (χ4v) is 1.92. The number of hydrogen-bond acceptors (Lipinski definition) is 2. The molecule has 0 aliphatic rings. The molecule has 84 valence electrons. The van der Waals surface area contributed by atoms with E-state index in [0.717, 1.165) is 24.1 Å².